The van der Waals surface area contributed by atoms with Crippen molar-refractivity contribution in [2.75, 3.05) is 5.32 Å². The van der Waals surface area contributed by atoms with Crippen LogP contribution in [0.4, 0.5) is 19.0 Å². The van der Waals surface area contributed by atoms with Gasteiger partial charge < -0.3 is 5.32 Å². The first-order valence-corrected chi connectivity index (χ1v) is 4.57. The number of rotatable bonds is 2. The molecule has 15 heavy (non-hydrogen) atoms. The van der Waals surface area contributed by atoms with Crippen LogP contribution in [0, 0.1) is 6.92 Å². The number of nitrogens with one attached hydrogen (secondary N) is 1. The van der Waals surface area contributed by atoms with Crippen molar-refractivity contribution in [2.45, 2.75) is 31.5 Å². The van der Waals surface area contributed by atoms with E-state index in [1.54, 1.807) is 6.92 Å². The van der Waals surface area contributed by atoms with Gasteiger partial charge in [-0.05, 0) is 19.8 Å². The lowest BCUT2D eigenvalue weighted by Crippen LogP contribution is -2.38. The lowest BCUT2D eigenvalue weighted by molar-refractivity contribution is -0.151. The molecule has 0 saturated heterocycles. The van der Waals surface area contributed by atoms with E-state index in [0.717, 1.165) is 0 Å². The molecule has 0 bridgehead atoms. The molecule has 0 atom stereocenters. The number of aryl methyl sites for hydroxylation is 1. The normalized spacial score (nSPS) is 18.7. The van der Waals surface area contributed by atoms with E-state index in [9.17, 15) is 13.2 Å². The largest absolute Gasteiger partial charge is 0.411 e. The second-order valence-corrected chi connectivity index (χ2v) is 3.75. The number of alkyl halides is 3. The monoisotopic (exact) mass is 217 g/mol. The first-order valence-electron chi connectivity index (χ1n) is 4.57. The van der Waals surface area contributed by atoms with Gasteiger partial charge >= 0.3 is 6.18 Å². The minimum Gasteiger partial charge on any atom is -0.356 e. The number of hydrogen-bond donors (Lipinski definition) is 1. The second-order valence-electron chi connectivity index (χ2n) is 3.75. The van der Waals surface area contributed by atoms with Crippen molar-refractivity contribution < 1.29 is 13.2 Å². The molecule has 1 aromatic heterocycles. The van der Waals surface area contributed by atoms with Crippen LogP contribution in [0.3, 0.4) is 0 Å². The second kappa shape index (κ2) is 3.08. The van der Waals surface area contributed by atoms with E-state index in [4.69, 9.17) is 0 Å². The van der Waals surface area contributed by atoms with Gasteiger partial charge in [-0.25, -0.2) is 9.97 Å². The first kappa shape index (κ1) is 10.2. The average Bonchev–Trinajstić information content (AvgIpc) is 2.84. The highest BCUT2D eigenvalue weighted by molar-refractivity contribution is 5.41. The van der Waals surface area contributed by atoms with Crippen molar-refractivity contribution in [3.05, 3.63) is 18.1 Å². The summed E-state index contributed by atoms with van der Waals surface area (Å²) >= 11 is 0. The summed E-state index contributed by atoms with van der Waals surface area (Å²) in [7, 11) is 0. The Kier molecular flexibility index (Phi) is 2.09. The lowest BCUT2D eigenvalue weighted by atomic mass is 10.2. The van der Waals surface area contributed by atoms with Crippen LogP contribution in [0.1, 0.15) is 18.5 Å². The molecule has 1 aromatic rings. The van der Waals surface area contributed by atoms with E-state index < -0.39 is 11.7 Å². The Hall–Kier alpha value is -1.33. The quantitative estimate of drug-likeness (QED) is 0.825. The summed E-state index contributed by atoms with van der Waals surface area (Å²) in [5.74, 6) is 0.234. The third-order valence-electron chi connectivity index (χ3n) is 2.46. The van der Waals surface area contributed by atoms with E-state index >= 15 is 0 Å². The van der Waals surface area contributed by atoms with Crippen molar-refractivity contribution in [3.63, 3.8) is 0 Å². The molecule has 0 radical (unpaired) electrons. The van der Waals surface area contributed by atoms with E-state index in [0.29, 0.717) is 5.69 Å². The fourth-order valence-corrected chi connectivity index (χ4v) is 1.37. The Morgan fingerprint density at radius 2 is 2.00 bits per heavy atom. The third kappa shape index (κ3) is 1.88. The molecule has 1 N–H and O–H groups in total. The molecule has 0 amide bonds. The fraction of sp³-hybridized carbons (Fsp3) is 0.556. The molecule has 6 heteroatoms. The molecule has 0 aromatic carbocycles. The maximum Gasteiger partial charge on any atom is 0.411 e. The van der Waals surface area contributed by atoms with Crippen molar-refractivity contribution in [1.82, 2.24) is 9.97 Å². The first-order chi connectivity index (χ1) is 6.93. The summed E-state index contributed by atoms with van der Waals surface area (Å²) in [4.78, 5) is 7.58. The van der Waals surface area contributed by atoms with Crippen LogP contribution in [-0.4, -0.2) is 21.7 Å². The van der Waals surface area contributed by atoms with Gasteiger partial charge in [0.05, 0.1) is 0 Å². The maximum absolute atomic E-state index is 12.6. The molecule has 1 heterocycles. The summed E-state index contributed by atoms with van der Waals surface area (Å²) in [5.41, 5.74) is -1.11. The minimum absolute atomic E-state index is 0.111. The van der Waals surface area contributed by atoms with E-state index in [1.165, 1.54) is 12.4 Å². The summed E-state index contributed by atoms with van der Waals surface area (Å²) < 4.78 is 37.7. The smallest absolute Gasteiger partial charge is 0.356 e. The molecule has 0 unspecified atom stereocenters. The van der Waals surface area contributed by atoms with Gasteiger partial charge in [0.15, 0.2) is 0 Å². The van der Waals surface area contributed by atoms with Gasteiger partial charge in [0.25, 0.3) is 0 Å². The van der Waals surface area contributed by atoms with E-state index in [2.05, 4.69) is 15.3 Å². The van der Waals surface area contributed by atoms with Gasteiger partial charge in [-0.15, -0.1) is 0 Å². The van der Waals surface area contributed by atoms with Gasteiger partial charge in [-0.2, -0.15) is 13.2 Å². The van der Waals surface area contributed by atoms with E-state index in [-0.39, 0.29) is 18.7 Å². The van der Waals surface area contributed by atoms with Crippen LogP contribution < -0.4 is 5.32 Å². The maximum atomic E-state index is 12.6. The molecule has 82 valence electrons. The molecule has 3 nitrogen and oxygen atoms in total. The predicted molar refractivity (Wildman–Crippen MR) is 48.4 cm³/mol. The molecule has 1 saturated carbocycles. The number of aromatic nitrogens is 2. The summed E-state index contributed by atoms with van der Waals surface area (Å²) in [6.07, 6.45) is -2.74. The van der Waals surface area contributed by atoms with Crippen LogP contribution in [0.25, 0.3) is 0 Å². The number of hydrogen-bond acceptors (Lipinski definition) is 3. The molecular weight excluding hydrogens is 207 g/mol. The van der Waals surface area contributed by atoms with Gasteiger partial charge in [-0.3, -0.25) is 0 Å². The van der Waals surface area contributed by atoms with Crippen molar-refractivity contribution >= 4 is 5.82 Å². The zero-order valence-corrected chi connectivity index (χ0v) is 8.10. The molecule has 2 rings (SSSR count). The van der Waals surface area contributed by atoms with Crippen molar-refractivity contribution in [2.24, 2.45) is 0 Å². The Bertz CT molecular complexity index is 371. The lowest BCUT2D eigenvalue weighted by Gasteiger charge is -2.21. The fourth-order valence-electron chi connectivity index (χ4n) is 1.37. The standard InChI is InChI=1S/C9H10F3N3/c1-6-4-7(14-5-13-6)15-8(2-3-8)9(10,11)12/h4-5H,2-3H2,1H3,(H,13,14,15). The summed E-state index contributed by atoms with van der Waals surface area (Å²) in [5, 5.41) is 2.43. The predicted octanol–water partition coefficient (Wildman–Crippen LogP) is 2.29. The molecule has 1 aliphatic rings. The molecule has 1 fully saturated rings. The van der Waals surface area contributed by atoms with Gasteiger partial charge in [0.1, 0.15) is 17.7 Å². The summed E-state index contributed by atoms with van der Waals surface area (Å²) in [6.45, 7) is 1.71. The van der Waals surface area contributed by atoms with Gasteiger partial charge in [0.2, 0.25) is 0 Å². The Labute approximate surface area is 84.7 Å². The number of halogens is 3. The minimum atomic E-state index is -4.22. The molecular formula is C9H10F3N3. The SMILES string of the molecule is Cc1cc(NC2(C(F)(F)F)CC2)ncn1. The van der Waals surface area contributed by atoms with Crippen molar-refractivity contribution in [3.8, 4) is 0 Å². The molecule has 0 aliphatic heterocycles. The third-order valence-corrected chi connectivity index (χ3v) is 2.46. The van der Waals surface area contributed by atoms with E-state index in [1.807, 2.05) is 0 Å². The Balaban J connectivity index is 2.16. The van der Waals surface area contributed by atoms with Crippen LogP contribution in [-0.2, 0) is 0 Å². The van der Waals surface area contributed by atoms with Gasteiger partial charge in [0, 0.05) is 11.8 Å². The number of nitrogens with zero attached hydrogens (tertiary/aromatic N) is 2. The Morgan fingerprint density at radius 3 is 2.47 bits per heavy atom. The van der Waals surface area contributed by atoms with Crippen LogP contribution in [0.2, 0.25) is 0 Å². The van der Waals surface area contributed by atoms with Gasteiger partial charge in [-0.1, -0.05) is 0 Å². The highest BCUT2D eigenvalue weighted by Gasteiger charge is 2.63. The molecule has 0 spiro atoms. The van der Waals surface area contributed by atoms with Crippen molar-refractivity contribution in [1.29, 1.82) is 0 Å². The zero-order valence-electron chi connectivity index (χ0n) is 8.10. The van der Waals surface area contributed by atoms with Crippen LogP contribution >= 0.6 is 0 Å². The zero-order chi connectivity index (χ0) is 11.1. The number of anilines is 1. The summed E-state index contributed by atoms with van der Waals surface area (Å²) in [6, 6.07) is 1.51. The van der Waals surface area contributed by atoms with Crippen LogP contribution in [0.15, 0.2) is 12.4 Å². The topological polar surface area (TPSA) is 37.8 Å². The highest BCUT2D eigenvalue weighted by atomic mass is 19.4. The highest BCUT2D eigenvalue weighted by Crippen LogP contribution is 2.50. The average molecular weight is 217 g/mol. The Morgan fingerprint density at radius 1 is 1.33 bits per heavy atom. The van der Waals surface area contributed by atoms with Crippen LogP contribution in [0.5, 0.6) is 0 Å². The molecule has 1 aliphatic carbocycles.